The number of benzene rings is 2. The van der Waals surface area contributed by atoms with Crippen molar-refractivity contribution in [2.75, 3.05) is 0 Å². The number of carbonyl (C=O) groups excluding carboxylic acids is 1. The number of hydrogen-bond donors (Lipinski definition) is 0. The number of rotatable bonds is 3. The summed E-state index contributed by atoms with van der Waals surface area (Å²) in [6, 6.07) is 17.6. The van der Waals surface area contributed by atoms with E-state index in [0.717, 1.165) is 16.5 Å². The molecule has 0 radical (unpaired) electrons. The van der Waals surface area contributed by atoms with Crippen LogP contribution in [0.2, 0.25) is 0 Å². The molecule has 1 heterocycles. The van der Waals surface area contributed by atoms with Gasteiger partial charge in [0.05, 0.1) is 5.52 Å². The van der Waals surface area contributed by atoms with Gasteiger partial charge in [-0.3, -0.25) is 9.48 Å². The molecule has 3 heteroatoms. The average molecular weight is 250 g/mol. The third kappa shape index (κ3) is 2.15. The standard InChI is InChI=1S/C16H14N2O/c1-18-14-10-6-5-9-13(14)16(17-18)15(19)11-12-7-3-2-4-8-12/h2-10H,11H2,1H3. The van der Waals surface area contributed by atoms with Crippen molar-refractivity contribution in [3.8, 4) is 0 Å². The van der Waals surface area contributed by atoms with Gasteiger partial charge in [0.25, 0.3) is 0 Å². The van der Waals surface area contributed by atoms with Crippen LogP contribution in [0.3, 0.4) is 0 Å². The van der Waals surface area contributed by atoms with Crippen molar-refractivity contribution in [1.29, 1.82) is 0 Å². The molecule has 0 saturated heterocycles. The number of aryl methyl sites for hydroxylation is 1. The van der Waals surface area contributed by atoms with E-state index in [2.05, 4.69) is 5.10 Å². The SMILES string of the molecule is Cn1nc(C(=O)Cc2ccccc2)c2ccccc21. The Kier molecular flexibility index (Phi) is 2.88. The maximum Gasteiger partial charge on any atom is 0.188 e. The van der Waals surface area contributed by atoms with Crippen LogP contribution in [-0.4, -0.2) is 15.6 Å². The highest BCUT2D eigenvalue weighted by Gasteiger charge is 2.15. The highest BCUT2D eigenvalue weighted by Crippen LogP contribution is 2.19. The van der Waals surface area contributed by atoms with Crippen molar-refractivity contribution in [3.63, 3.8) is 0 Å². The van der Waals surface area contributed by atoms with Gasteiger partial charge in [0.2, 0.25) is 0 Å². The van der Waals surface area contributed by atoms with Crippen LogP contribution in [0.15, 0.2) is 54.6 Å². The van der Waals surface area contributed by atoms with Crippen LogP contribution < -0.4 is 0 Å². The fraction of sp³-hybridized carbons (Fsp3) is 0.125. The van der Waals surface area contributed by atoms with Crippen molar-refractivity contribution >= 4 is 16.7 Å². The Hall–Kier alpha value is -2.42. The molecule has 0 amide bonds. The van der Waals surface area contributed by atoms with E-state index in [1.54, 1.807) is 4.68 Å². The lowest BCUT2D eigenvalue weighted by Crippen LogP contribution is -2.05. The molecule has 2 aromatic carbocycles. The molecule has 0 atom stereocenters. The molecule has 0 aliphatic rings. The van der Waals surface area contributed by atoms with Crippen LogP contribution >= 0.6 is 0 Å². The first-order valence-electron chi connectivity index (χ1n) is 6.24. The van der Waals surface area contributed by atoms with E-state index in [1.165, 1.54) is 0 Å². The molecule has 0 aliphatic carbocycles. The van der Waals surface area contributed by atoms with Crippen molar-refractivity contribution in [1.82, 2.24) is 9.78 Å². The number of ketones is 1. The van der Waals surface area contributed by atoms with Gasteiger partial charge >= 0.3 is 0 Å². The number of fused-ring (bicyclic) bond motifs is 1. The third-order valence-electron chi connectivity index (χ3n) is 3.23. The van der Waals surface area contributed by atoms with Crippen LogP contribution in [-0.2, 0) is 13.5 Å². The number of nitrogens with zero attached hydrogens (tertiary/aromatic N) is 2. The summed E-state index contributed by atoms with van der Waals surface area (Å²) in [5.41, 5.74) is 2.56. The Bertz CT molecular complexity index is 729. The van der Waals surface area contributed by atoms with Gasteiger partial charge in [0, 0.05) is 18.9 Å². The monoisotopic (exact) mass is 250 g/mol. The molecular formula is C16H14N2O. The lowest BCUT2D eigenvalue weighted by Gasteiger charge is -1.98. The number of para-hydroxylation sites is 1. The van der Waals surface area contributed by atoms with Crippen LogP contribution in [0.5, 0.6) is 0 Å². The van der Waals surface area contributed by atoms with Crippen LogP contribution in [0.1, 0.15) is 16.1 Å². The minimum atomic E-state index is 0.0583. The van der Waals surface area contributed by atoms with E-state index in [9.17, 15) is 4.79 Å². The normalized spacial score (nSPS) is 10.8. The second-order valence-corrected chi connectivity index (χ2v) is 4.57. The number of hydrogen-bond acceptors (Lipinski definition) is 2. The van der Waals surface area contributed by atoms with Gasteiger partial charge in [0.1, 0.15) is 5.69 Å². The lowest BCUT2D eigenvalue weighted by atomic mass is 10.0. The Morgan fingerprint density at radius 2 is 1.74 bits per heavy atom. The molecule has 0 N–H and O–H groups in total. The molecule has 0 saturated carbocycles. The van der Waals surface area contributed by atoms with Gasteiger partial charge in [-0.05, 0) is 11.6 Å². The molecule has 0 spiro atoms. The highest BCUT2D eigenvalue weighted by molar-refractivity contribution is 6.06. The van der Waals surface area contributed by atoms with Crippen molar-refractivity contribution in [3.05, 3.63) is 65.9 Å². The number of aromatic nitrogens is 2. The Morgan fingerprint density at radius 3 is 2.53 bits per heavy atom. The first-order chi connectivity index (χ1) is 9.25. The lowest BCUT2D eigenvalue weighted by molar-refractivity contribution is 0.0989. The number of carbonyl (C=O) groups is 1. The van der Waals surface area contributed by atoms with Crippen LogP contribution in [0, 0.1) is 0 Å². The maximum absolute atomic E-state index is 12.4. The first-order valence-corrected chi connectivity index (χ1v) is 6.24. The van der Waals surface area contributed by atoms with E-state index in [4.69, 9.17) is 0 Å². The van der Waals surface area contributed by atoms with Gasteiger partial charge < -0.3 is 0 Å². The van der Waals surface area contributed by atoms with Crippen LogP contribution in [0.25, 0.3) is 10.9 Å². The van der Waals surface area contributed by atoms with Gasteiger partial charge in [-0.15, -0.1) is 0 Å². The molecule has 0 fully saturated rings. The Morgan fingerprint density at radius 1 is 1.05 bits per heavy atom. The molecular weight excluding hydrogens is 236 g/mol. The van der Waals surface area contributed by atoms with E-state index in [1.807, 2.05) is 61.6 Å². The minimum absolute atomic E-state index is 0.0583. The van der Waals surface area contributed by atoms with E-state index < -0.39 is 0 Å². The summed E-state index contributed by atoms with van der Waals surface area (Å²) in [7, 11) is 1.86. The average Bonchev–Trinajstić information content (AvgIpc) is 2.78. The zero-order valence-electron chi connectivity index (χ0n) is 10.7. The molecule has 0 aliphatic heterocycles. The minimum Gasteiger partial charge on any atom is -0.292 e. The van der Waals surface area contributed by atoms with Crippen molar-refractivity contribution in [2.24, 2.45) is 7.05 Å². The topological polar surface area (TPSA) is 34.9 Å². The van der Waals surface area contributed by atoms with Gasteiger partial charge in [-0.2, -0.15) is 5.10 Å². The summed E-state index contributed by atoms with van der Waals surface area (Å²) in [5.74, 6) is 0.0583. The summed E-state index contributed by atoms with van der Waals surface area (Å²) in [6.07, 6.45) is 0.391. The van der Waals surface area contributed by atoms with Crippen molar-refractivity contribution < 1.29 is 4.79 Å². The fourth-order valence-electron chi connectivity index (χ4n) is 2.28. The molecule has 0 unspecified atom stereocenters. The summed E-state index contributed by atoms with van der Waals surface area (Å²) in [5, 5.41) is 5.28. The Labute approximate surface area is 111 Å². The highest BCUT2D eigenvalue weighted by atomic mass is 16.1. The first kappa shape index (κ1) is 11.7. The summed E-state index contributed by atoms with van der Waals surface area (Å²) < 4.78 is 1.76. The van der Waals surface area contributed by atoms with Gasteiger partial charge in [-0.1, -0.05) is 48.5 Å². The second-order valence-electron chi connectivity index (χ2n) is 4.57. The summed E-state index contributed by atoms with van der Waals surface area (Å²) in [6.45, 7) is 0. The van der Waals surface area contributed by atoms with E-state index in [-0.39, 0.29) is 5.78 Å². The molecule has 3 aromatic rings. The molecule has 1 aromatic heterocycles. The molecule has 3 rings (SSSR count). The van der Waals surface area contributed by atoms with Crippen LogP contribution in [0.4, 0.5) is 0 Å². The quantitative estimate of drug-likeness (QED) is 0.670. The van der Waals surface area contributed by atoms with Gasteiger partial charge in [0.15, 0.2) is 5.78 Å². The number of Topliss-reactive ketones (excluding diaryl/α,β-unsaturated/α-hetero) is 1. The van der Waals surface area contributed by atoms with Gasteiger partial charge in [-0.25, -0.2) is 0 Å². The second kappa shape index (κ2) is 4.69. The summed E-state index contributed by atoms with van der Waals surface area (Å²) >= 11 is 0. The third-order valence-corrected chi connectivity index (χ3v) is 3.23. The predicted molar refractivity (Wildman–Crippen MR) is 75.2 cm³/mol. The smallest absolute Gasteiger partial charge is 0.188 e. The largest absolute Gasteiger partial charge is 0.292 e. The zero-order chi connectivity index (χ0) is 13.2. The molecule has 0 bridgehead atoms. The van der Waals surface area contributed by atoms with E-state index in [0.29, 0.717) is 12.1 Å². The Balaban J connectivity index is 1.98. The summed E-state index contributed by atoms with van der Waals surface area (Å²) in [4.78, 5) is 12.4. The predicted octanol–water partition coefficient (Wildman–Crippen LogP) is 3.00. The van der Waals surface area contributed by atoms with Crippen molar-refractivity contribution in [2.45, 2.75) is 6.42 Å². The molecule has 19 heavy (non-hydrogen) atoms. The maximum atomic E-state index is 12.4. The van der Waals surface area contributed by atoms with E-state index >= 15 is 0 Å². The molecule has 3 nitrogen and oxygen atoms in total. The zero-order valence-corrected chi connectivity index (χ0v) is 10.7. The fourth-order valence-corrected chi connectivity index (χ4v) is 2.28. The molecule has 94 valence electrons.